The number of aliphatic hydroxyl groups is 1. The molecule has 0 aliphatic heterocycles. The molecule has 0 saturated carbocycles. The van der Waals surface area contributed by atoms with E-state index in [1.807, 2.05) is 35.8 Å². The van der Waals surface area contributed by atoms with Crippen molar-refractivity contribution in [1.82, 2.24) is 9.88 Å². The Morgan fingerprint density at radius 1 is 1.23 bits per heavy atom. The van der Waals surface area contributed by atoms with Gasteiger partial charge in [-0.05, 0) is 49.2 Å². The first-order valence-electron chi connectivity index (χ1n) is 9.75. The molecule has 1 aromatic heterocycles. The van der Waals surface area contributed by atoms with E-state index in [9.17, 15) is 9.59 Å². The zero-order chi connectivity index (χ0) is 21.7. The number of hydrogen-bond acceptors (Lipinski definition) is 3. The minimum Gasteiger partial charge on any atom is -0.384 e. The van der Waals surface area contributed by atoms with Crippen molar-refractivity contribution in [1.29, 1.82) is 0 Å². The first-order valence-corrected chi connectivity index (χ1v) is 10.1. The molecule has 2 N–H and O–H groups in total. The summed E-state index contributed by atoms with van der Waals surface area (Å²) < 4.78 is 1.96. The first kappa shape index (κ1) is 21.6. The van der Waals surface area contributed by atoms with Crippen LogP contribution in [0.25, 0.3) is 10.9 Å². The number of hydrogen-bond donors (Lipinski definition) is 2. The summed E-state index contributed by atoms with van der Waals surface area (Å²) in [7, 11) is 0. The van der Waals surface area contributed by atoms with Crippen LogP contribution in [0.4, 0.5) is 0 Å². The molecule has 6 heteroatoms. The fourth-order valence-electron chi connectivity index (χ4n) is 3.18. The molecule has 154 valence electrons. The Morgan fingerprint density at radius 3 is 2.63 bits per heavy atom. The number of amides is 1. The average molecular weight is 423 g/mol. The Bertz CT molecular complexity index is 1190. The lowest BCUT2D eigenvalue weighted by atomic mass is 10.1. The lowest BCUT2D eigenvalue weighted by molar-refractivity contribution is 0.0949. The van der Waals surface area contributed by atoms with Crippen molar-refractivity contribution in [3.05, 3.63) is 80.6 Å². The van der Waals surface area contributed by atoms with Crippen molar-refractivity contribution in [2.45, 2.75) is 32.9 Å². The van der Waals surface area contributed by atoms with Crippen LogP contribution in [0.1, 0.15) is 47.8 Å². The summed E-state index contributed by atoms with van der Waals surface area (Å²) in [6.45, 7) is 4.12. The Labute approximate surface area is 180 Å². The molecular formula is C24H23ClN2O3. The third kappa shape index (κ3) is 4.73. The Kier molecular flexibility index (Phi) is 6.94. The van der Waals surface area contributed by atoms with Gasteiger partial charge in [-0.15, -0.1) is 0 Å². The van der Waals surface area contributed by atoms with Gasteiger partial charge in [0.15, 0.2) is 0 Å². The zero-order valence-electron chi connectivity index (χ0n) is 16.9. The highest BCUT2D eigenvalue weighted by Gasteiger charge is 2.17. The molecule has 2 aromatic carbocycles. The molecule has 0 aliphatic carbocycles. The number of aliphatic hydroxyl groups excluding tert-OH is 1. The predicted molar refractivity (Wildman–Crippen MR) is 120 cm³/mol. The van der Waals surface area contributed by atoms with E-state index in [2.05, 4.69) is 24.1 Å². The molecule has 0 radical (unpaired) electrons. The summed E-state index contributed by atoms with van der Waals surface area (Å²) in [5.74, 6) is 4.97. The van der Waals surface area contributed by atoms with Crippen LogP contribution in [0.15, 0.2) is 53.5 Å². The largest absolute Gasteiger partial charge is 0.384 e. The molecule has 0 spiro atoms. The van der Waals surface area contributed by atoms with Crippen LogP contribution in [0.5, 0.6) is 0 Å². The quantitative estimate of drug-likeness (QED) is 0.612. The third-order valence-electron chi connectivity index (χ3n) is 5.02. The smallest absolute Gasteiger partial charge is 0.257 e. The van der Waals surface area contributed by atoms with Gasteiger partial charge in [-0.1, -0.05) is 42.5 Å². The van der Waals surface area contributed by atoms with Crippen LogP contribution in [0.3, 0.4) is 0 Å². The number of halogens is 1. The number of carbonyl (C=O) groups is 1. The first-order chi connectivity index (χ1) is 14.4. The van der Waals surface area contributed by atoms with Gasteiger partial charge in [-0.2, -0.15) is 0 Å². The zero-order valence-corrected chi connectivity index (χ0v) is 17.7. The van der Waals surface area contributed by atoms with Gasteiger partial charge in [-0.3, -0.25) is 9.59 Å². The van der Waals surface area contributed by atoms with Gasteiger partial charge in [0.1, 0.15) is 12.2 Å². The predicted octanol–water partition coefficient (Wildman–Crippen LogP) is 3.90. The van der Waals surface area contributed by atoms with E-state index in [1.54, 1.807) is 24.4 Å². The minimum atomic E-state index is -0.430. The molecule has 0 aliphatic rings. The topological polar surface area (TPSA) is 71.3 Å². The highest BCUT2D eigenvalue weighted by molar-refractivity contribution is 6.30. The van der Waals surface area contributed by atoms with E-state index < -0.39 is 5.91 Å². The SMILES string of the molecule is CCC(C)n1cc(C(=O)NCc2ccc(Cl)cc2)c(=O)c2cc(C#CCO)ccc21. The number of carbonyl (C=O) groups excluding carboxylic acids is 1. The highest BCUT2D eigenvalue weighted by atomic mass is 35.5. The fraction of sp³-hybridized carbons (Fsp3) is 0.250. The van der Waals surface area contributed by atoms with E-state index >= 15 is 0 Å². The molecule has 30 heavy (non-hydrogen) atoms. The Balaban J connectivity index is 2.03. The van der Waals surface area contributed by atoms with Gasteiger partial charge in [-0.25, -0.2) is 0 Å². The van der Waals surface area contributed by atoms with E-state index in [1.165, 1.54) is 0 Å². The molecule has 1 heterocycles. The van der Waals surface area contributed by atoms with Crippen molar-refractivity contribution < 1.29 is 9.90 Å². The summed E-state index contributed by atoms with van der Waals surface area (Å²) >= 11 is 5.90. The molecule has 0 fully saturated rings. The van der Waals surface area contributed by atoms with Gasteiger partial charge in [0.05, 0.1) is 5.52 Å². The lowest BCUT2D eigenvalue weighted by Crippen LogP contribution is -2.30. The molecular weight excluding hydrogens is 400 g/mol. The monoisotopic (exact) mass is 422 g/mol. The summed E-state index contributed by atoms with van der Waals surface area (Å²) in [5, 5.41) is 12.8. The molecule has 0 bridgehead atoms. The van der Waals surface area contributed by atoms with Gasteiger partial charge in [0, 0.05) is 34.8 Å². The number of nitrogens with zero attached hydrogens (tertiary/aromatic N) is 1. The van der Waals surface area contributed by atoms with Crippen molar-refractivity contribution >= 4 is 28.4 Å². The number of rotatable bonds is 5. The van der Waals surface area contributed by atoms with E-state index in [0.29, 0.717) is 22.5 Å². The number of aromatic nitrogens is 1. The third-order valence-corrected chi connectivity index (χ3v) is 5.27. The minimum absolute atomic E-state index is 0.0871. The van der Waals surface area contributed by atoms with Gasteiger partial charge in [0.2, 0.25) is 5.43 Å². The molecule has 3 aromatic rings. The van der Waals surface area contributed by atoms with Crippen molar-refractivity contribution in [2.24, 2.45) is 0 Å². The Morgan fingerprint density at radius 2 is 1.97 bits per heavy atom. The second-order valence-electron chi connectivity index (χ2n) is 7.04. The van der Waals surface area contributed by atoms with Gasteiger partial charge >= 0.3 is 0 Å². The summed E-state index contributed by atoms with van der Waals surface area (Å²) in [6, 6.07) is 12.6. The summed E-state index contributed by atoms with van der Waals surface area (Å²) in [4.78, 5) is 26.0. The van der Waals surface area contributed by atoms with Crippen molar-refractivity contribution in [3.63, 3.8) is 0 Å². The lowest BCUT2D eigenvalue weighted by Gasteiger charge is -2.19. The van der Waals surface area contributed by atoms with Crippen molar-refractivity contribution in [2.75, 3.05) is 6.61 Å². The molecule has 3 rings (SSSR count). The van der Waals surface area contributed by atoms with Gasteiger partial charge in [0.25, 0.3) is 5.91 Å². The van der Waals surface area contributed by atoms with Crippen LogP contribution in [0.2, 0.25) is 5.02 Å². The van der Waals surface area contributed by atoms with E-state index in [0.717, 1.165) is 17.5 Å². The molecule has 0 saturated heterocycles. The van der Waals surface area contributed by atoms with Crippen LogP contribution in [0, 0.1) is 11.8 Å². The molecule has 5 nitrogen and oxygen atoms in total. The van der Waals surface area contributed by atoms with Gasteiger partial charge < -0.3 is 15.0 Å². The van der Waals surface area contributed by atoms with Crippen LogP contribution in [-0.4, -0.2) is 22.2 Å². The maximum Gasteiger partial charge on any atom is 0.257 e. The molecule has 1 amide bonds. The number of fused-ring (bicyclic) bond motifs is 1. The normalized spacial score (nSPS) is 11.6. The molecule has 1 atom stereocenters. The van der Waals surface area contributed by atoms with E-state index in [4.69, 9.17) is 16.7 Å². The van der Waals surface area contributed by atoms with Crippen LogP contribution >= 0.6 is 11.6 Å². The van der Waals surface area contributed by atoms with Crippen molar-refractivity contribution in [3.8, 4) is 11.8 Å². The number of pyridine rings is 1. The highest BCUT2D eigenvalue weighted by Crippen LogP contribution is 2.20. The van der Waals surface area contributed by atoms with E-state index in [-0.39, 0.29) is 23.6 Å². The maximum absolute atomic E-state index is 13.1. The summed E-state index contributed by atoms with van der Waals surface area (Å²) in [5.41, 5.74) is 1.99. The Hall–Kier alpha value is -3.07. The second-order valence-corrected chi connectivity index (χ2v) is 7.47. The van der Waals surface area contributed by atoms with Crippen LogP contribution in [-0.2, 0) is 6.54 Å². The second kappa shape index (κ2) is 9.62. The number of benzene rings is 2. The maximum atomic E-state index is 13.1. The van der Waals surface area contributed by atoms with Crippen LogP contribution < -0.4 is 10.7 Å². The molecule has 1 unspecified atom stereocenters. The fourth-order valence-corrected chi connectivity index (χ4v) is 3.30. The summed E-state index contributed by atoms with van der Waals surface area (Å²) in [6.07, 6.45) is 2.48. The number of nitrogens with one attached hydrogen (secondary N) is 1. The average Bonchev–Trinajstić information content (AvgIpc) is 2.77. The standard InChI is InChI=1S/C24H23ClN2O3/c1-3-16(2)27-15-21(24(30)26-14-18-6-9-19(25)10-7-18)23(29)20-13-17(5-4-12-28)8-11-22(20)27/h6-11,13,15-16,28H,3,12,14H2,1-2H3,(H,26,30).